The molecule has 0 fully saturated rings. The first-order chi connectivity index (χ1) is 10.6. The van der Waals surface area contributed by atoms with E-state index in [0.29, 0.717) is 22.6 Å². The Labute approximate surface area is 126 Å². The Bertz CT molecular complexity index is 854. The van der Waals surface area contributed by atoms with Gasteiger partial charge in [0.2, 0.25) is 0 Å². The summed E-state index contributed by atoms with van der Waals surface area (Å²) in [6.45, 7) is 0. The van der Waals surface area contributed by atoms with Gasteiger partial charge in [-0.25, -0.2) is 4.39 Å². The number of nitrogens with one attached hydrogen (secondary N) is 1. The highest BCUT2D eigenvalue weighted by Gasteiger charge is 2.18. The highest BCUT2D eigenvalue weighted by molar-refractivity contribution is 5.94. The number of aliphatic carboxylic acids is 1. The molecule has 22 heavy (non-hydrogen) atoms. The molecule has 0 atom stereocenters. The van der Waals surface area contributed by atoms with E-state index in [4.69, 9.17) is 4.74 Å². The minimum Gasteiger partial charge on any atom is -0.496 e. The Morgan fingerprint density at radius 3 is 2.77 bits per heavy atom. The number of fused-ring (bicyclic) bond motifs is 1. The number of carboxylic acid groups (broad SMARTS) is 1. The maximum absolute atomic E-state index is 13.6. The first-order valence-corrected chi connectivity index (χ1v) is 6.75. The number of aromatic nitrogens is 1. The third kappa shape index (κ3) is 2.41. The summed E-state index contributed by atoms with van der Waals surface area (Å²) >= 11 is 0. The van der Waals surface area contributed by atoms with Crippen LogP contribution in [0.1, 0.15) is 5.56 Å². The number of carbonyl (C=O) groups is 1. The lowest BCUT2D eigenvalue weighted by Crippen LogP contribution is -2.01. The van der Waals surface area contributed by atoms with E-state index in [0.717, 1.165) is 10.9 Å². The second-order valence-corrected chi connectivity index (χ2v) is 4.94. The maximum atomic E-state index is 13.6. The van der Waals surface area contributed by atoms with Gasteiger partial charge in [-0.2, -0.15) is 0 Å². The Hall–Kier alpha value is -2.82. The molecule has 0 aliphatic carbocycles. The number of methoxy groups -OCH3 is 1. The lowest BCUT2D eigenvalue weighted by molar-refractivity contribution is -0.136. The zero-order valence-electron chi connectivity index (χ0n) is 11.9. The predicted octanol–water partition coefficient (Wildman–Crippen LogP) is 3.61. The molecule has 0 spiro atoms. The van der Waals surface area contributed by atoms with Crippen LogP contribution in [0.3, 0.4) is 0 Å². The lowest BCUT2D eigenvalue weighted by atomic mass is 10.0. The molecule has 0 bridgehead atoms. The maximum Gasteiger partial charge on any atom is 0.307 e. The zero-order valence-corrected chi connectivity index (χ0v) is 11.9. The second-order valence-electron chi connectivity index (χ2n) is 4.94. The van der Waals surface area contributed by atoms with Gasteiger partial charge in [0, 0.05) is 16.5 Å². The zero-order chi connectivity index (χ0) is 15.7. The highest BCUT2D eigenvalue weighted by Crippen LogP contribution is 2.36. The van der Waals surface area contributed by atoms with Crippen molar-refractivity contribution in [1.29, 1.82) is 0 Å². The average Bonchev–Trinajstić information content (AvgIpc) is 2.85. The molecule has 1 aromatic heterocycles. The number of aromatic amines is 1. The minimum absolute atomic E-state index is 0.154. The van der Waals surface area contributed by atoms with Crippen molar-refractivity contribution < 1.29 is 19.0 Å². The van der Waals surface area contributed by atoms with E-state index < -0.39 is 11.8 Å². The molecule has 1 heterocycles. The van der Waals surface area contributed by atoms with Crippen molar-refractivity contribution in [3.8, 4) is 17.0 Å². The summed E-state index contributed by atoms with van der Waals surface area (Å²) in [6.07, 6.45) is -0.154. The van der Waals surface area contributed by atoms with Crippen LogP contribution in [0.2, 0.25) is 0 Å². The van der Waals surface area contributed by atoms with Gasteiger partial charge in [-0.1, -0.05) is 18.2 Å². The Balaban J connectivity index is 2.30. The van der Waals surface area contributed by atoms with Gasteiger partial charge in [0.1, 0.15) is 11.6 Å². The van der Waals surface area contributed by atoms with Crippen LogP contribution >= 0.6 is 0 Å². The average molecular weight is 299 g/mol. The molecule has 4 nitrogen and oxygen atoms in total. The molecule has 112 valence electrons. The van der Waals surface area contributed by atoms with E-state index in [-0.39, 0.29) is 6.42 Å². The Morgan fingerprint density at radius 1 is 1.27 bits per heavy atom. The molecule has 0 amide bonds. The molecule has 3 rings (SSSR count). The van der Waals surface area contributed by atoms with Crippen molar-refractivity contribution >= 4 is 16.9 Å². The molecular weight excluding hydrogens is 285 g/mol. The summed E-state index contributed by atoms with van der Waals surface area (Å²) in [6, 6.07) is 11.6. The number of H-pyrrole nitrogens is 1. The third-order valence-electron chi connectivity index (χ3n) is 3.57. The fourth-order valence-corrected chi connectivity index (χ4v) is 2.64. The van der Waals surface area contributed by atoms with Crippen LogP contribution in [0.5, 0.6) is 5.75 Å². The van der Waals surface area contributed by atoms with E-state index >= 15 is 0 Å². The summed E-state index contributed by atoms with van der Waals surface area (Å²) in [7, 11) is 1.50. The van der Waals surface area contributed by atoms with E-state index in [9.17, 15) is 14.3 Å². The summed E-state index contributed by atoms with van der Waals surface area (Å²) in [5, 5.41) is 9.99. The second kappa shape index (κ2) is 5.52. The molecule has 3 aromatic rings. The van der Waals surface area contributed by atoms with Crippen LogP contribution in [0.15, 0.2) is 42.5 Å². The summed E-state index contributed by atoms with van der Waals surface area (Å²) in [4.78, 5) is 14.4. The van der Waals surface area contributed by atoms with Gasteiger partial charge >= 0.3 is 5.97 Å². The number of benzene rings is 2. The molecule has 0 radical (unpaired) electrons. The molecule has 5 heteroatoms. The molecule has 2 N–H and O–H groups in total. The standard InChI is InChI=1S/C17H14FNO3/c1-22-15-7-6-10(18)8-13(15)17-12(9-16(20)21)11-4-2-3-5-14(11)19-17/h2-8,19H,9H2,1H3,(H,20,21). The van der Waals surface area contributed by atoms with Crippen molar-refractivity contribution in [3.05, 3.63) is 53.8 Å². The fraction of sp³-hybridized carbons (Fsp3) is 0.118. The largest absolute Gasteiger partial charge is 0.496 e. The van der Waals surface area contributed by atoms with Crippen molar-refractivity contribution in [2.24, 2.45) is 0 Å². The van der Waals surface area contributed by atoms with Crippen molar-refractivity contribution in [1.82, 2.24) is 4.98 Å². The molecular formula is C17H14FNO3. The Morgan fingerprint density at radius 2 is 2.05 bits per heavy atom. The van der Waals surface area contributed by atoms with Gasteiger partial charge in [-0.05, 0) is 29.8 Å². The summed E-state index contributed by atoms with van der Waals surface area (Å²) in [5.74, 6) is -0.864. The molecule has 0 aliphatic heterocycles. The van der Waals surface area contributed by atoms with E-state index in [2.05, 4.69) is 4.98 Å². The SMILES string of the molecule is COc1ccc(F)cc1-c1[nH]c2ccccc2c1CC(=O)O. The Kier molecular flexibility index (Phi) is 3.55. The van der Waals surface area contributed by atoms with Crippen molar-refractivity contribution in [3.63, 3.8) is 0 Å². The number of ether oxygens (including phenoxy) is 1. The molecule has 0 saturated carbocycles. The van der Waals surface area contributed by atoms with E-state index in [1.807, 2.05) is 24.3 Å². The number of para-hydroxylation sites is 1. The summed E-state index contributed by atoms with van der Waals surface area (Å²) < 4.78 is 18.9. The number of carboxylic acids is 1. The van der Waals surface area contributed by atoms with E-state index in [1.54, 1.807) is 0 Å². The smallest absolute Gasteiger partial charge is 0.307 e. The van der Waals surface area contributed by atoms with Crippen molar-refractivity contribution in [2.45, 2.75) is 6.42 Å². The van der Waals surface area contributed by atoms with Gasteiger partial charge < -0.3 is 14.8 Å². The van der Waals surface area contributed by atoms with Crippen LogP contribution in [0, 0.1) is 5.82 Å². The quantitative estimate of drug-likeness (QED) is 0.773. The number of rotatable bonds is 4. The van der Waals surface area contributed by atoms with E-state index in [1.165, 1.54) is 25.3 Å². The van der Waals surface area contributed by atoms with Gasteiger partial charge in [-0.15, -0.1) is 0 Å². The van der Waals surface area contributed by atoms with Crippen LogP contribution in [-0.2, 0) is 11.2 Å². The number of hydrogen-bond donors (Lipinski definition) is 2. The summed E-state index contributed by atoms with van der Waals surface area (Å²) in [5.41, 5.74) is 2.50. The van der Waals surface area contributed by atoms with Crippen LogP contribution in [0.25, 0.3) is 22.2 Å². The normalized spacial score (nSPS) is 10.8. The predicted molar refractivity (Wildman–Crippen MR) is 81.6 cm³/mol. The topological polar surface area (TPSA) is 62.3 Å². The number of hydrogen-bond acceptors (Lipinski definition) is 2. The monoisotopic (exact) mass is 299 g/mol. The van der Waals surface area contributed by atoms with Gasteiger partial charge in [0.05, 0.1) is 19.2 Å². The van der Waals surface area contributed by atoms with Crippen LogP contribution in [-0.4, -0.2) is 23.2 Å². The van der Waals surface area contributed by atoms with Crippen LogP contribution < -0.4 is 4.74 Å². The number of halogens is 1. The van der Waals surface area contributed by atoms with Gasteiger partial charge in [-0.3, -0.25) is 4.79 Å². The van der Waals surface area contributed by atoms with Gasteiger partial charge in [0.15, 0.2) is 0 Å². The molecule has 0 aliphatic rings. The first kappa shape index (κ1) is 14.1. The highest BCUT2D eigenvalue weighted by atomic mass is 19.1. The molecule has 0 saturated heterocycles. The minimum atomic E-state index is -0.943. The molecule has 0 unspecified atom stereocenters. The van der Waals surface area contributed by atoms with Gasteiger partial charge in [0.25, 0.3) is 0 Å². The van der Waals surface area contributed by atoms with Crippen molar-refractivity contribution in [2.75, 3.05) is 7.11 Å². The molecule has 2 aromatic carbocycles. The third-order valence-corrected chi connectivity index (χ3v) is 3.57. The first-order valence-electron chi connectivity index (χ1n) is 6.75. The lowest BCUT2D eigenvalue weighted by Gasteiger charge is -2.09. The van der Waals surface area contributed by atoms with Crippen LogP contribution in [0.4, 0.5) is 4.39 Å². The fourth-order valence-electron chi connectivity index (χ4n) is 2.64.